The molecule has 5 heteroatoms. The molecular formula is C5H11N2NaO2. The van der Waals surface area contributed by atoms with E-state index in [1.54, 1.807) is 0 Å². The van der Waals surface area contributed by atoms with Crippen LogP contribution in [-0.4, -0.2) is 18.6 Å². The van der Waals surface area contributed by atoms with E-state index < -0.39 is 12.0 Å². The number of nitrogens with two attached hydrogens (primary N) is 2. The molecule has 0 fully saturated rings. The van der Waals surface area contributed by atoms with Crippen LogP contribution in [0.15, 0.2) is 0 Å². The predicted octanol–water partition coefficient (Wildman–Crippen LogP) is -5.19. The molecule has 0 saturated carbocycles. The van der Waals surface area contributed by atoms with Gasteiger partial charge in [0, 0.05) is 6.04 Å². The van der Waals surface area contributed by atoms with Gasteiger partial charge in [-0.1, -0.05) is 0 Å². The van der Waals surface area contributed by atoms with Crippen LogP contribution >= 0.6 is 0 Å². The van der Waals surface area contributed by atoms with Gasteiger partial charge in [0.15, 0.2) is 0 Å². The number of carbonyl (C=O) groups excluding carboxylic acids is 1. The zero-order chi connectivity index (χ0) is 7.28. The maximum absolute atomic E-state index is 9.93. The molecule has 1 unspecified atom stereocenters. The summed E-state index contributed by atoms with van der Waals surface area (Å²) in [5.41, 5.74) is 10.2. The topological polar surface area (TPSA) is 92.2 Å². The molecule has 0 aromatic carbocycles. The molecule has 4 nitrogen and oxygen atoms in total. The Morgan fingerprint density at radius 2 is 2.10 bits per heavy atom. The fraction of sp³-hybridized carbons (Fsp3) is 0.800. The molecule has 0 aliphatic heterocycles. The van der Waals surface area contributed by atoms with Crippen molar-refractivity contribution in [1.82, 2.24) is 0 Å². The van der Waals surface area contributed by atoms with Gasteiger partial charge in [0.05, 0.1) is 5.97 Å². The molecule has 0 saturated heterocycles. The van der Waals surface area contributed by atoms with Gasteiger partial charge in [-0.2, -0.15) is 0 Å². The fourth-order valence-electron chi connectivity index (χ4n) is 0.456. The quantitative estimate of drug-likeness (QED) is 0.396. The summed E-state index contributed by atoms with van der Waals surface area (Å²) in [7, 11) is 0. The van der Waals surface area contributed by atoms with Crippen molar-refractivity contribution >= 4 is 5.97 Å². The molecular weight excluding hydrogens is 143 g/mol. The molecule has 0 aromatic heterocycles. The first-order chi connectivity index (χ1) is 4.18. The molecule has 0 rings (SSSR count). The first kappa shape index (κ1) is 13.0. The number of carboxylic acids is 1. The van der Waals surface area contributed by atoms with Gasteiger partial charge in [-0.05, 0) is 19.4 Å². The Hall–Kier alpha value is 0.390. The van der Waals surface area contributed by atoms with Gasteiger partial charge in [0.25, 0.3) is 0 Å². The second kappa shape index (κ2) is 7.50. The Morgan fingerprint density at radius 3 is 2.40 bits per heavy atom. The van der Waals surface area contributed by atoms with E-state index in [9.17, 15) is 9.90 Å². The first-order valence-electron chi connectivity index (χ1n) is 2.85. The predicted molar refractivity (Wildman–Crippen MR) is 31.3 cm³/mol. The van der Waals surface area contributed by atoms with Gasteiger partial charge < -0.3 is 21.4 Å². The van der Waals surface area contributed by atoms with Gasteiger partial charge in [0.2, 0.25) is 0 Å². The summed E-state index contributed by atoms with van der Waals surface area (Å²) in [6.07, 6.45) is 1.04. The van der Waals surface area contributed by atoms with E-state index in [1.165, 1.54) is 0 Å². The molecule has 1 atom stereocenters. The molecule has 0 aliphatic rings. The molecule has 4 N–H and O–H groups in total. The van der Waals surface area contributed by atoms with E-state index in [0.29, 0.717) is 19.4 Å². The molecule has 0 radical (unpaired) electrons. The Labute approximate surface area is 82.2 Å². The number of rotatable bonds is 4. The van der Waals surface area contributed by atoms with Gasteiger partial charge in [-0.3, -0.25) is 0 Å². The van der Waals surface area contributed by atoms with Crippen LogP contribution in [-0.2, 0) is 4.79 Å². The van der Waals surface area contributed by atoms with E-state index in [-0.39, 0.29) is 29.6 Å². The van der Waals surface area contributed by atoms with Gasteiger partial charge >= 0.3 is 29.6 Å². The largest absolute Gasteiger partial charge is 1.00 e. The Balaban J connectivity index is 0. The van der Waals surface area contributed by atoms with Gasteiger partial charge in [0.1, 0.15) is 0 Å². The summed E-state index contributed by atoms with van der Waals surface area (Å²) in [6.45, 7) is 0.473. The summed E-state index contributed by atoms with van der Waals surface area (Å²) < 4.78 is 0. The second-order valence-corrected chi connectivity index (χ2v) is 1.86. The van der Waals surface area contributed by atoms with E-state index in [2.05, 4.69) is 0 Å². The third-order valence-corrected chi connectivity index (χ3v) is 1.02. The Bertz CT molecular complexity index is 99.6. The molecule has 0 aromatic rings. The SMILES string of the molecule is NCCCC(N)C(=O)[O-].[Na+]. The fourth-order valence-corrected chi connectivity index (χ4v) is 0.456. The van der Waals surface area contributed by atoms with E-state index in [4.69, 9.17) is 11.5 Å². The van der Waals surface area contributed by atoms with E-state index in [0.717, 1.165) is 0 Å². The van der Waals surface area contributed by atoms with Crippen molar-refractivity contribution in [3.63, 3.8) is 0 Å². The summed E-state index contributed by atoms with van der Waals surface area (Å²) in [6, 6.07) is -0.853. The maximum atomic E-state index is 9.93. The molecule has 0 heterocycles. The molecule has 10 heavy (non-hydrogen) atoms. The molecule has 0 bridgehead atoms. The zero-order valence-electron chi connectivity index (χ0n) is 6.17. The first-order valence-corrected chi connectivity index (χ1v) is 2.85. The van der Waals surface area contributed by atoms with E-state index >= 15 is 0 Å². The number of carbonyl (C=O) groups is 1. The van der Waals surface area contributed by atoms with Crippen LogP contribution in [0.4, 0.5) is 0 Å². The average Bonchev–Trinajstić information content (AvgIpc) is 1.82. The minimum Gasteiger partial charge on any atom is -0.548 e. The van der Waals surface area contributed by atoms with Gasteiger partial charge in [-0.15, -0.1) is 0 Å². The molecule has 0 amide bonds. The molecule has 0 spiro atoms. The summed E-state index contributed by atoms with van der Waals surface area (Å²) in [5.74, 6) is -1.21. The normalized spacial score (nSPS) is 11.8. The van der Waals surface area contributed by atoms with E-state index in [1.807, 2.05) is 0 Å². The Kier molecular flexibility index (Phi) is 9.76. The van der Waals surface area contributed by atoms with Crippen molar-refractivity contribution < 1.29 is 39.5 Å². The van der Waals surface area contributed by atoms with Crippen LogP contribution in [0.1, 0.15) is 12.8 Å². The standard InChI is InChI=1S/C5H12N2O2.Na/c6-3-1-2-4(7)5(8)9;/h4H,1-3,6-7H2,(H,8,9);/q;+1/p-1. The minimum absolute atomic E-state index is 0. The van der Waals surface area contributed by atoms with Crippen molar-refractivity contribution in [3.05, 3.63) is 0 Å². The third kappa shape index (κ3) is 6.51. The van der Waals surface area contributed by atoms with Crippen LogP contribution in [0, 0.1) is 0 Å². The molecule has 0 aliphatic carbocycles. The van der Waals surface area contributed by atoms with Crippen LogP contribution in [0.3, 0.4) is 0 Å². The number of aliphatic carboxylic acids is 1. The summed E-state index contributed by atoms with van der Waals surface area (Å²) in [4.78, 5) is 9.93. The molecule has 54 valence electrons. The van der Waals surface area contributed by atoms with Gasteiger partial charge in [-0.25, -0.2) is 0 Å². The monoisotopic (exact) mass is 154 g/mol. The average molecular weight is 154 g/mol. The van der Waals surface area contributed by atoms with Crippen LogP contribution < -0.4 is 46.1 Å². The summed E-state index contributed by atoms with van der Waals surface area (Å²) >= 11 is 0. The third-order valence-electron chi connectivity index (χ3n) is 1.02. The van der Waals surface area contributed by atoms with Crippen LogP contribution in [0.25, 0.3) is 0 Å². The maximum Gasteiger partial charge on any atom is 1.00 e. The van der Waals surface area contributed by atoms with Crippen LogP contribution in [0.2, 0.25) is 0 Å². The van der Waals surface area contributed by atoms with Crippen molar-refractivity contribution in [2.75, 3.05) is 6.54 Å². The number of carboxylic acid groups (broad SMARTS) is 1. The van der Waals surface area contributed by atoms with Crippen LogP contribution in [0.5, 0.6) is 0 Å². The van der Waals surface area contributed by atoms with Crippen molar-refractivity contribution in [2.45, 2.75) is 18.9 Å². The number of hydrogen-bond acceptors (Lipinski definition) is 4. The second-order valence-electron chi connectivity index (χ2n) is 1.86. The zero-order valence-corrected chi connectivity index (χ0v) is 8.17. The number of hydrogen-bond donors (Lipinski definition) is 2. The van der Waals surface area contributed by atoms with Crippen molar-refractivity contribution in [3.8, 4) is 0 Å². The summed E-state index contributed by atoms with van der Waals surface area (Å²) in [5, 5.41) is 9.93. The van der Waals surface area contributed by atoms with Crippen molar-refractivity contribution in [2.24, 2.45) is 11.5 Å². The minimum atomic E-state index is -1.21. The van der Waals surface area contributed by atoms with Crippen molar-refractivity contribution in [1.29, 1.82) is 0 Å². The smallest absolute Gasteiger partial charge is 0.548 e. The Morgan fingerprint density at radius 1 is 1.60 bits per heavy atom.